The molecule has 0 saturated heterocycles. The Labute approximate surface area is 200 Å². The fourth-order valence-corrected chi connectivity index (χ4v) is 3.12. The van der Waals surface area contributed by atoms with E-state index < -0.39 is 0 Å². The lowest BCUT2D eigenvalue weighted by molar-refractivity contribution is -0.121. The van der Waals surface area contributed by atoms with Crippen molar-refractivity contribution in [2.45, 2.75) is 39.2 Å². The van der Waals surface area contributed by atoms with E-state index >= 15 is 0 Å². The highest BCUT2D eigenvalue weighted by atomic mass is 16.2. The second-order valence-corrected chi connectivity index (χ2v) is 7.37. The van der Waals surface area contributed by atoms with Crippen molar-refractivity contribution < 1.29 is 9.59 Å². The van der Waals surface area contributed by atoms with Gasteiger partial charge in [0, 0.05) is 13.5 Å². The second-order valence-electron chi connectivity index (χ2n) is 7.37. The van der Waals surface area contributed by atoms with E-state index in [9.17, 15) is 9.59 Å². The third-order valence-electron chi connectivity index (χ3n) is 5.07. The first-order chi connectivity index (χ1) is 16.5. The number of nitrogens with zero attached hydrogens (tertiary/aromatic N) is 5. The van der Waals surface area contributed by atoms with Gasteiger partial charge in [-0.05, 0) is 23.8 Å². The molecule has 4 aromatic rings. The van der Waals surface area contributed by atoms with Gasteiger partial charge < -0.3 is 20.5 Å². The van der Waals surface area contributed by atoms with Crippen molar-refractivity contribution >= 4 is 44.3 Å². The zero-order chi connectivity index (χ0) is 24.5. The molecule has 34 heavy (non-hydrogen) atoms. The minimum atomic E-state index is -0.237. The summed E-state index contributed by atoms with van der Waals surface area (Å²) in [6.45, 7) is 2.65. The Kier molecular flexibility index (Phi) is 8.66. The number of carbonyl (C=O) groups is 2. The fourth-order valence-electron chi connectivity index (χ4n) is 3.12. The van der Waals surface area contributed by atoms with Crippen molar-refractivity contribution in [3.8, 4) is 0 Å². The summed E-state index contributed by atoms with van der Waals surface area (Å²) in [6, 6.07) is 7.55. The lowest BCUT2D eigenvalue weighted by Crippen LogP contribution is -2.32. The van der Waals surface area contributed by atoms with Gasteiger partial charge >= 0.3 is 6.03 Å². The standard InChI is InChI=1S/C12H14BN3O.C10H12BN5O/c1-2-12(17)15-8-16-7-14-10-5-9(6-13)3-4-11(10)16;1-12-10(17)14-6-8-5-13-9-2-7(3-11)4-15-16(8)9/h3-5,7H,2,6,8H2,1H3,(H,15,17);2,4-5H,3,6H2,1H3,(H2,12,14,17). The van der Waals surface area contributed by atoms with Crippen LogP contribution in [-0.2, 0) is 30.6 Å². The second kappa shape index (κ2) is 11.9. The van der Waals surface area contributed by atoms with Gasteiger partial charge in [-0.2, -0.15) is 5.10 Å². The summed E-state index contributed by atoms with van der Waals surface area (Å²) in [6.07, 6.45) is 6.53. The normalized spacial score (nSPS) is 10.5. The zero-order valence-corrected chi connectivity index (χ0v) is 19.3. The lowest BCUT2D eigenvalue weighted by Gasteiger charge is -2.06. The van der Waals surface area contributed by atoms with Crippen LogP contribution in [0.15, 0.2) is 43.0 Å². The molecular weight excluding hydrogens is 430 g/mol. The number of nitrogens with one attached hydrogen (secondary N) is 3. The van der Waals surface area contributed by atoms with E-state index in [4.69, 9.17) is 15.7 Å². The maximum absolute atomic E-state index is 11.2. The Bertz CT molecular complexity index is 1170. The highest BCUT2D eigenvalue weighted by Crippen LogP contribution is 2.14. The topological polar surface area (TPSA) is 118 Å². The van der Waals surface area contributed by atoms with Crippen LogP contribution >= 0.6 is 0 Å². The fraction of sp³-hybridized carbons (Fsp3) is 0.318. The molecule has 12 heteroatoms. The van der Waals surface area contributed by atoms with Gasteiger partial charge in [-0.1, -0.05) is 31.2 Å². The molecule has 0 unspecified atom stereocenters. The Morgan fingerprint density at radius 3 is 2.53 bits per heavy atom. The molecule has 0 fully saturated rings. The summed E-state index contributed by atoms with van der Waals surface area (Å²) in [4.78, 5) is 30.7. The number of rotatable bonds is 7. The van der Waals surface area contributed by atoms with E-state index in [1.165, 1.54) is 0 Å². The summed E-state index contributed by atoms with van der Waals surface area (Å²) < 4.78 is 3.58. The van der Waals surface area contributed by atoms with Gasteiger partial charge in [-0.15, -0.1) is 0 Å². The minimum Gasteiger partial charge on any atom is -0.341 e. The SMILES string of the molecule is [B]Cc1ccc2c(c1)ncn2CNC(=O)CC.[B]Cc1cnn2c(CNC(=O)NC)cnc2c1. The number of fused-ring (bicyclic) bond motifs is 2. The van der Waals surface area contributed by atoms with Gasteiger partial charge in [0.2, 0.25) is 5.91 Å². The van der Waals surface area contributed by atoms with Crippen LogP contribution in [0.1, 0.15) is 30.2 Å². The molecule has 3 aromatic heterocycles. The van der Waals surface area contributed by atoms with Gasteiger partial charge in [0.1, 0.15) is 0 Å². The molecule has 4 radical (unpaired) electrons. The van der Waals surface area contributed by atoms with E-state index in [2.05, 4.69) is 31.0 Å². The van der Waals surface area contributed by atoms with Crippen molar-refractivity contribution in [2.24, 2.45) is 0 Å². The molecule has 4 rings (SSSR count). The molecule has 10 nitrogen and oxygen atoms in total. The number of hydrogen-bond acceptors (Lipinski definition) is 5. The highest BCUT2D eigenvalue weighted by molar-refractivity contribution is 6.08. The van der Waals surface area contributed by atoms with Crippen LogP contribution in [0.5, 0.6) is 0 Å². The molecule has 0 bridgehead atoms. The van der Waals surface area contributed by atoms with Gasteiger partial charge in [-0.25, -0.2) is 19.3 Å². The molecule has 3 N–H and O–H groups in total. The van der Waals surface area contributed by atoms with E-state index in [-0.39, 0.29) is 11.9 Å². The zero-order valence-electron chi connectivity index (χ0n) is 19.3. The Hall–Kier alpha value is -3.82. The molecular formula is C22H26B2N8O2. The lowest BCUT2D eigenvalue weighted by atomic mass is 9.97. The monoisotopic (exact) mass is 456 g/mol. The number of urea groups is 1. The maximum atomic E-state index is 11.2. The summed E-state index contributed by atoms with van der Waals surface area (Å²) in [5.74, 6) is 0.0328. The Morgan fingerprint density at radius 2 is 1.82 bits per heavy atom. The quantitative estimate of drug-likeness (QED) is 0.359. The number of hydrogen-bond donors (Lipinski definition) is 3. The molecule has 172 valence electrons. The number of aromatic nitrogens is 5. The summed E-state index contributed by atoms with van der Waals surface area (Å²) in [5.41, 5.74) is 5.42. The van der Waals surface area contributed by atoms with Gasteiger partial charge in [0.15, 0.2) is 5.65 Å². The van der Waals surface area contributed by atoms with Crippen molar-refractivity contribution in [3.63, 3.8) is 0 Å². The van der Waals surface area contributed by atoms with Crippen molar-refractivity contribution in [1.29, 1.82) is 0 Å². The molecule has 1 aromatic carbocycles. The van der Waals surface area contributed by atoms with Gasteiger partial charge in [0.05, 0.1) is 64.4 Å². The number of benzene rings is 1. The van der Waals surface area contributed by atoms with E-state index in [0.29, 0.717) is 32.3 Å². The van der Waals surface area contributed by atoms with Crippen LogP contribution in [0.25, 0.3) is 16.7 Å². The molecule has 3 amide bonds. The number of carbonyl (C=O) groups excluding carboxylic acids is 2. The first-order valence-electron chi connectivity index (χ1n) is 10.9. The summed E-state index contributed by atoms with van der Waals surface area (Å²) >= 11 is 0. The Morgan fingerprint density at radius 1 is 1.03 bits per heavy atom. The van der Waals surface area contributed by atoms with Gasteiger partial charge in [-0.3, -0.25) is 4.79 Å². The minimum absolute atomic E-state index is 0.0328. The highest BCUT2D eigenvalue weighted by Gasteiger charge is 2.06. The maximum Gasteiger partial charge on any atom is 0.314 e. The first-order valence-corrected chi connectivity index (χ1v) is 10.9. The van der Waals surface area contributed by atoms with Crippen molar-refractivity contribution in [3.05, 3.63) is 59.8 Å². The summed E-state index contributed by atoms with van der Waals surface area (Å²) in [7, 11) is 12.7. The van der Waals surface area contributed by atoms with E-state index in [1.807, 2.05) is 35.8 Å². The predicted octanol–water partition coefficient (Wildman–Crippen LogP) is 1.02. The molecule has 3 heterocycles. The van der Waals surface area contributed by atoms with Crippen LogP contribution in [0.3, 0.4) is 0 Å². The molecule has 0 saturated carbocycles. The first kappa shape index (κ1) is 24.8. The number of amides is 3. The molecule has 0 aliphatic heterocycles. The molecule has 0 spiro atoms. The van der Waals surface area contributed by atoms with Crippen LogP contribution in [-0.4, -0.2) is 58.8 Å². The van der Waals surface area contributed by atoms with E-state index in [1.54, 1.807) is 30.3 Å². The van der Waals surface area contributed by atoms with Crippen LogP contribution < -0.4 is 16.0 Å². The predicted molar refractivity (Wildman–Crippen MR) is 131 cm³/mol. The average molecular weight is 456 g/mol. The Balaban J connectivity index is 0.000000191. The third kappa shape index (κ3) is 6.15. The van der Waals surface area contributed by atoms with Crippen molar-refractivity contribution in [2.75, 3.05) is 7.05 Å². The van der Waals surface area contributed by atoms with Crippen molar-refractivity contribution in [1.82, 2.24) is 40.1 Å². The third-order valence-corrected chi connectivity index (χ3v) is 5.07. The number of imidazole rings is 2. The summed E-state index contributed by atoms with van der Waals surface area (Å²) in [5, 5.41) is 12.2. The van der Waals surface area contributed by atoms with Crippen LogP contribution in [0.2, 0.25) is 0 Å². The van der Waals surface area contributed by atoms with Gasteiger partial charge in [0.25, 0.3) is 0 Å². The molecule has 0 aliphatic rings. The smallest absolute Gasteiger partial charge is 0.314 e. The molecule has 0 aliphatic carbocycles. The van der Waals surface area contributed by atoms with Crippen LogP contribution in [0.4, 0.5) is 4.79 Å². The van der Waals surface area contributed by atoms with E-state index in [0.717, 1.165) is 33.5 Å². The largest absolute Gasteiger partial charge is 0.341 e. The van der Waals surface area contributed by atoms with Crippen LogP contribution in [0, 0.1) is 0 Å². The average Bonchev–Trinajstić information content (AvgIpc) is 3.48. The molecule has 0 atom stereocenters.